The maximum absolute atomic E-state index is 8.35. The van der Waals surface area contributed by atoms with Crippen molar-refractivity contribution in [2.24, 2.45) is 0 Å². The first-order chi connectivity index (χ1) is 1.41. The Morgan fingerprint density at radius 2 is 1.17 bits per heavy atom. The Morgan fingerprint density at radius 3 is 1.17 bits per heavy atom. The van der Waals surface area contributed by atoms with Gasteiger partial charge in [-0.05, 0) is 11.0 Å². The topological polar surface area (TPSA) is 65.6 Å². The average molecular weight is 129 g/mol. The molecule has 0 aromatic heterocycles. The third kappa shape index (κ3) is 1010. The summed E-state index contributed by atoms with van der Waals surface area (Å²) in [5, 5.41) is 0. The van der Waals surface area contributed by atoms with Crippen molar-refractivity contribution in [3.05, 3.63) is 0 Å². The zero-order chi connectivity index (χ0) is 2.71. The predicted octanol–water partition coefficient (Wildman–Crippen LogP) is -1.02. The summed E-state index contributed by atoms with van der Waals surface area (Å²) in [5.74, 6) is 0. The van der Waals surface area contributed by atoms with E-state index in [1.165, 1.54) is 0 Å². The molecule has 5 heteroatoms. The van der Waals surface area contributed by atoms with E-state index in [2.05, 4.69) is 0 Å². The molecule has 0 saturated heterocycles. The largest absolute Gasteiger partial charge is 0.0149 e. The van der Waals surface area contributed by atoms with Crippen LogP contribution in [0.4, 0.5) is 0 Å². The van der Waals surface area contributed by atoms with Gasteiger partial charge in [-0.2, -0.15) is 0 Å². The molecule has 3 nitrogen and oxygen atoms in total. The van der Waals surface area contributed by atoms with E-state index in [0.717, 1.165) is 0 Å². The standard InChI is InChI=1S/CH4.O2P.H2O.H4Si/c;1-3-2;;/h1H4;;1H2;1H4. The molecule has 0 spiro atoms. The minimum Gasteiger partial charge on any atom is -0.0149 e. The monoisotopic (exact) mass is 129 g/mol. The molecule has 6 heavy (non-hydrogen) atoms. The third-order valence-corrected chi connectivity index (χ3v) is 0. The van der Waals surface area contributed by atoms with Crippen LogP contribution in [-0.2, 0) is 9.13 Å². The molecule has 0 rings (SSSR count). The smallest absolute Gasteiger partial charge is 0.0149 e. The van der Waals surface area contributed by atoms with Gasteiger partial charge in [-0.3, -0.25) is 0 Å². The molecular formula is CH10O3PSi. The fourth-order valence-electron chi connectivity index (χ4n) is 0. The van der Waals surface area contributed by atoms with E-state index < -0.39 is 8.34 Å². The van der Waals surface area contributed by atoms with E-state index >= 15 is 0 Å². The van der Waals surface area contributed by atoms with Gasteiger partial charge in [-0.25, -0.2) is 0 Å². The molecule has 0 bridgehead atoms. The first-order valence-corrected chi connectivity index (χ1v) is 1.10. The van der Waals surface area contributed by atoms with Crippen LogP contribution >= 0.6 is 8.34 Å². The van der Waals surface area contributed by atoms with Crippen LogP contribution in [0, 0.1) is 0 Å². The van der Waals surface area contributed by atoms with E-state index in [9.17, 15) is 0 Å². The van der Waals surface area contributed by atoms with Gasteiger partial charge in [0.05, 0.1) is 0 Å². The van der Waals surface area contributed by atoms with Crippen molar-refractivity contribution in [2.75, 3.05) is 0 Å². The van der Waals surface area contributed by atoms with E-state index in [1.54, 1.807) is 0 Å². The van der Waals surface area contributed by atoms with Crippen LogP contribution in [0.1, 0.15) is 7.43 Å². The van der Waals surface area contributed by atoms with Crippen molar-refractivity contribution < 1.29 is 14.6 Å². The molecule has 0 heterocycles. The molecule has 0 saturated carbocycles. The maximum atomic E-state index is 8.35. The first kappa shape index (κ1) is 34.6. The molecule has 0 aliphatic carbocycles. The second-order valence-electron chi connectivity index (χ2n) is 0.0745. The van der Waals surface area contributed by atoms with E-state index in [4.69, 9.17) is 9.13 Å². The van der Waals surface area contributed by atoms with Crippen molar-refractivity contribution in [1.29, 1.82) is 0 Å². The summed E-state index contributed by atoms with van der Waals surface area (Å²) in [7, 11) is -1.08. The van der Waals surface area contributed by atoms with Crippen molar-refractivity contribution in [2.45, 2.75) is 7.43 Å². The summed E-state index contributed by atoms with van der Waals surface area (Å²) in [4.78, 5) is 0. The minimum atomic E-state index is -1.08. The molecule has 0 aromatic rings. The van der Waals surface area contributed by atoms with Crippen LogP contribution < -0.4 is 0 Å². The molecule has 0 atom stereocenters. The second kappa shape index (κ2) is 63.3. The summed E-state index contributed by atoms with van der Waals surface area (Å²) in [5.41, 5.74) is 0. The Hall–Kier alpha value is 0.207. The van der Waals surface area contributed by atoms with Gasteiger partial charge in [0, 0.05) is 0 Å². The summed E-state index contributed by atoms with van der Waals surface area (Å²) in [6, 6.07) is 0. The van der Waals surface area contributed by atoms with Crippen molar-refractivity contribution in [1.82, 2.24) is 0 Å². The van der Waals surface area contributed by atoms with Gasteiger partial charge in [0.1, 0.15) is 0 Å². The SMILES string of the molecule is C.O.O=[P]=O.[SiH4]. The Labute approximate surface area is 42.3 Å². The molecular weight excluding hydrogens is 119 g/mol. The van der Waals surface area contributed by atoms with Crippen molar-refractivity contribution in [3.63, 3.8) is 0 Å². The number of rotatable bonds is 0. The Bertz CT molecular complexity index is 31.8. The molecule has 2 N–H and O–H groups in total. The molecule has 0 aromatic carbocycles. The van der Waals surface area contributed by atoms with E-state index in [-0.39, 0.29) is 23.9 Å². The van der Waals surface area contributed by atoms with E-state index in [0.29, 0.717) is 0 Å². The molecule has 0 amide bonds. The first-order valence-electron chi connectivity index (χ1n) is 0.365. The van der Waals surface area contributed by atoms with Gasteiger partial charge in [-0.15, -0.1) is 0 Å². The molecule has 0 aliphatic heterocycles. The van der Waals surface area contributed by atoms with Crippen molar-refractivity contribution >= 4 is 19.3 Å². The third-order valence-electron chi connectivity index (χ3n) is 0. The van der Waals surface area contributed by atoms with Crippen LogP contribution in [0.5, 0.6) is 0 Å². The number of hydrogen-bond donors (Lipinski definition) is 0. The fourth-order valence-corrected chi connectivity index (χ4v) is 0. The molecule has 0 aliphatic rings. The van der Waals surface area contributed by atoms with Crippen LogP contribution in [0.15, 0.2) is 0 Å². The van der Waals surface area contributed by atoms with Crippen molar-refractivity contribution in [3.8, 4) is 0 Å². The van der Waals surface area contributed by atoms with Crippen LogP contribution in [0.2, 0.25) is 0 Å². The van der Waals surface area contributed by atoms with Gasteiger partial charge < -0.3 is 5.48 Å². The fraction of sp³-hybridized carbons (Fsp3) is 1.00. The van der Waals surface area contributed by atoms with Gasteiger partial charge >= 0.3 is 17.5 Å². The van der Waals surface area contributed by atoms with Crippen LogP contribution in [0.25, 0.3) is 0 Å². The summed E-state index contributed by atoms with van der Waals surface area (Å²) in [6.45, 7) is 0. The van der Waals surface area contributed by atoms with Crippen LogP contribution in [0.3, 0.4) is 0 Å². The predicted molar refractivity (Wildman–Crippen MR) is 30.0 cm³/mol. The van der Waals surface area contributed by atoms with Gasteiger partial charge in [0.15, 0.2) is 0 Å². The Morgan fingerprint density at radius 1 is 1.17 bits per heavy atom. The Kier molecular flexibility index (Phi) is 364. The quantitative estimate of drug-likeness (QED) is 0.310. The summed E-state index contributed by atoms with van der Waals surface area (Å²) >= 11 is 0. The zero-order valence-electron chi connectivity index (χ0n) is 1.76. The summed E-state index contributed by atoms with van der Waals surface area (Å²) < 4.78 is 16.7. The Balaban J connectivity index is -0.00000000667. The second-order valence-corrected chi connectivity index (χ2v) is 0.224. The van der Waals surface area contributed by atoms with Gasteiger partial charge in [0.2, 0.25) is 0 Å². The normalized spacial score (nSPS) is 1.33. The minimum absolute atomic E-state index is 0. The van der Waals surface area contributed by atoms with E-state index in [1.807, 2.05) is 0 Å². The van der Waals surface area contributed by atoms with Crippen LogP contribution in [-0.4, -0.2) is 16.4 Å². The maximum Gasteiger partial charge on any atom is -0.0149 e. The van der Waals surface area contributed by atoms with Gasteiger partial charge in [-0.1, -0.05) is 7.43 Å². The molecule has 41 valence electrons. The zero-order valence-corrected chi connectivity index (χ0v) is 2.66. The summed E-state index contributed by atoms with van der Waals surface area (Å²) in [6.07, 6.45) is 0. The number of hydrogen-bond acceptors (Lipinski definition) is 2. The molecule has 0 unspecified atom stereocenters. The van der Waals surface area contributed by atoms with Gasteiger partial charge in [0.25, 0.3) is 0 Å². The molecule has 0 fully saturated rings. The average Bonchev–Trinajstić information content (AvgIpc) is 0.918. The molecule has 1 radical (unpaired) electrons.